The van der Waals surface area contributed by atoms with Crippen molar-refractivity contribution >= 4 is 18.9 Å². The maximum Gasteiger partial charge on any atom is 0.707 e. The van der Waals surface area contributed by atoms with Gasteiger partial charge in [0.1, 0.15) is 5.75 Å². The molecule has 1 aromatic rings. The fraction of sp³-hybridized carbons (Fsp3) is 0.100. The molecule has 1 rings (SSSR count). The number of amides is 1. The van der Waals surface area contributed by atoms with Crippen molar-refractivity contribution in [1.29, 1.82) is 0 Å². The minimum atomic E-state index is -1.92. The largest absolute Gasteiger partial charge is 0.707 e. The number of para-hydroxylation sites is 2. The van der Waals surface area contributed by atoms with Gasteiger partial charge < -0.3 is 20.0 Å². The zero-order valence-corrected chi connectivity index (χ0v) is 8.75. The van der Waals surface area contributed by atoms with E-state index in [-0.39, 0.29) is 11.7 Å². The van der Waals surface area contributed by atoms with Gasteiger partial charge in [-0.1, -0.05) is 18.2 Å². The van der Waals surface area contributed by atoms with E-state index >= 15 is 0 Å². The van der Waals surface area contributed by atoms with Gasteiger partial charge in [-0.05, 0) is 25.1 Å². The molecular weight excluding hydrogens is 209 g/mol. The summed E-state index contributed by atoms with van der Waals surface area (Å²) in [6.45, 7) is 1.72. The van der Waals surface area contributed by atoms with E-state index in [4.69, 9.17) is 14.7 Å². The van der Waals surface area contributed by atoms with E-state index in [0.717, 1.165) is 0 Å². The van der Waals surface area contributed by atoms with Gasteiger partial charge in [-0.2, -0.15) is 0 Å². The molecule has 84 valence electrons. The van der Waals surface area contributed by atoms with Crippen LogP contribution in [0.4, 0.5) is 5.69 Å². The average Bonchev–Trinajstić information content (AvgIpc) is 2.20. The van der Waals surface area contributed by atoms with Crippen molar-refractivity contribution in [3.8, 4) is 5.75 Å². The molecule has 0 aromatic heterocycles. The van der Waals surface area contributed by atoms with E-state index in [2.05, 4.69) is 5.32 Å². The highest BCUT2D eigenvalue weighted by atomic mass is 16.6. The number of hydrogen-bond acceptors (Lipinski definition) is 4. The smallest absolute Gasteiger partial charge is 0.510 e. The molecule has 0 bridgehead atoms. The van der Waals surface area contributed by atoms with E-state index in [0.29, 0.717) is 5.69 Å². The number of carbonyl (C=O) groups is 1. The third-order valence-electron chi connectivity index (χ3n) is 1.70. The molecule has 16 heavy (non-hydrogen) atoms. The molecule has 0 aliphatic heterocycles. The molecule has 0 saturated carbocycles. The monoisotopic (exact) mass is 221 g/mol. The van der Waals surface area contributed by atoms with E-state index in [1.165, 1.54) is 12.1 Å². The maximum atomic E-state index is 11.3. The SMILES string of the molecule is CC=CC(=O)Nc1ccccc1OB(O)O. The zero-order chi connectivity index (χ0) is 12.0. The van der Waals surface area contributed by atoms with Gasteiger partial charge >= 0.3 is 7.32 Å². The summed E-state index contributed by atoms with van der Waals surface area (Å²) in [5.41, 5.74) is 0.374. The molecule has 1 aromatic carbocycles. The molecule has 0 heterocycles. The second kappa shape index (κ2) is 5.94. The Morgan fingerprint density at radius 2 is 2.12 bits per heavy atom. The molecule has 0 fully saturated rings. The van der Waals surface area contributed by atoms with Crippen molar-refractivity contribution in [3.63, 3.8) is 0 Å². The summed E-state index contributed by atoms with van der Waals surface area (Å²) >= 11 is 0. The summed E-state index contributed by atoms with van der Waals surface area (Å²) in [7, 11) is -1.92. The fourth-order valence-corrected chi connectivity index (χ4v) is 1.11. The van der Waals surface area contributed by atoms with Crippen LogP contribution in [0.2, 0.25) is 0 Å². The summed E-state index contributed by atoms with van der Waals surface area (Å²) < 4.78 is 4.70. The minimum Gasteiger partial charge on any atom is -0.510 e. The second-order valence-corrected chi connectivity index (χ2v) is 2.93. The Bertz CT molecular complexity index is 392. The molecule has 6 heteroatoms. The molecule has 0 radical (unpaired) electrons. The molecule has 0 unspecified atom stereocenters. The lowest BCUT2D eigenvalue weighted by atomic mass is 10.2. The van der Waals surface area contributed by atoms with Crippen molar-refractivity contribution in [3.05, 3.63) is 36.4 Å². The summed E-state index contributed by atoms with van der Waals surface area (Å²) in [6, 6.07) is 6.47. The summed E-state index contributed by atoms with van der Waals surface area (Å²) in [5.74, 6) is -0.124. The molecule has 0 atom stereocenters. The van der Waals surface area contributed by atoms with Crippen LogP contribution in [0, 0.1) is 0 Å². The van der Waals surface area contributed by atoms with Crippen molar-refractivity contribution < 1.29 is 19.5 Å². The Balaban J connectivity index is 2.82. The molecule has 0 spiro atoms. The Morgan fingerprint density at radius 3 is 2.75 bits per heavy atom. The number of anilines is 1. The van der Waals surface area contributed by atoms with Crippen LogP contribution in [0.3, 0.4) is 0 Å². The summed E-state index contributed by atoms with van der Waals surface area (Å²) in [5, 5.41) is 19.9. The van der Waals surface area contributed by atoms with E-state index < -0.39 is 7.32 Å². The molecule has 1 amide bonds. The lowest BCUT2D eigenvalue weighted by Gasteiger charge is -2.10. The molecule has 0 aliphatic carbocycles. The lowest BCUT2D eigenvalue weighted by Crippen LogP contribution is -2.21. The molecule has 5 nitrogen and oxygen atoms in total. The Hall–Kier alpha value is -1.79. The van der Waals surface area contributed by atoms with Crippen molar-refractivity contribution in [2.75, 3.05) is 5.32 Å². The van der Waals surface area contributed by atoms with Crippen LogP contribution in [0.1, 0.15) is 6.92 Å². The number of nitrogens with one attached hydrogen (secondary N) is 1. The topological polar surface area (TPSA) is 78.8 Å². The normalized spacial score (nSPS) is 10.2. The zero-order valence-electron chi connectivity index (χ0n) is 8.75. The highest BCUT2D eigenvalue weighted by Gasteiger charge is 2.14. The van der Waals surface area contributed by atoms with Gasteiger partial charge in [0, 0.05) is 0 Å². The molecule has 0 saturated heterocycles. The highest BCUT2D eigenvalue weighted by molar-refractivity contribution is 6.34. The van der Waals surface area contributed by atoms with Gasteiger partial charge in [-0.15, -0.1) is 0 Å². The van der Waals surface area contributed by atoms with Gasteiger partial charge in [0.05, 0.1) is 5.69 Å². The van der Waals surface area contributed by atoms with Crippen molar-refractivity contribution in [1.82, 2.24) is 0 Å². The standard InChI is InChI=1S/C10H12BNO4/c1-2-5-10(13)12-8-6-3-4-7-9(8)16-11(14)15/h2-7,14-15H,1H3,(H,12,13). The predicted octanol–water partition coefficient (Wildman–Crippen LogP) is 0.549. The summed E-state index contributed by atoms with van der Waals surface area (Å²) in [6.07, 6.45) is 2.95. The molecule has 3 N–H and O–H groups in total. The average molecular weight is 221 g/mol. The number of carbonyl (C=O) groups excluding carboxylic acids is 1. The van der Waals surface area contributed by atoms with Crippen molar-refractivity contribution in [2.24, 2.45) is 0 Å². The number of benzene rings is 1. The van der Waals surface area contributed by atoms with Gasteiger partial charge in [0.15, 0.2) is 0 Å². The first-order valence-electron chi connectivity index (χ1n) is 4.69. The van der Waals surface area contributed by atoms with E-state index in [9.17, 15) is 4.79 Å². The Morgan fingerprint density at radius 1 is 1.44 bits per heavy atom. The van der Waals surface area contributed by atoms with Gasteiger partial charge in [-0.3, -0.25) is 4.79 Å². The van der Waals surface area contributed by atoms with Crippen LogP contribution < -0.4 is 9.97 Å². The lowest BCUT2D eigenvalue weighted by molar-refractivity contribution is -0.111. The number of rotatable bonds is 4. The number of allylic oxidation sites excluding steroid dienone is 1. The van der Waals surface area contributed by atoms with E-state index in [1.807, 2.05) is 0 Å². The van der Waals surface area contributed by atoms with Crippen LogP contribution in [-0.2, 0) is 4.79 Å². The minimum absolute atomic E-state index is 0.190. The first-order valence-corrected chi connectivity index (χ1v) is 4.69. The van der Waals surface area contributed by atoms with Gasteiger partial charge in [-0.25, -0.2) is 0 Å². The fourth-order valence-electron chi connectivity index (χ4n) is 1.11. The van der Waals surface area contributed by atoms with Crippen LogP contribution >= 0.6 is 0 Å². The van der Waals surface area contributed by atoms with E-state index in [1.54, 1.807) is 31.2 Å². The third kappa shape index (κ3) is 3.76. The Kier molecular flexibility index (Phi) is 4.56. The maximum absolute atomic E-state index is 11.3. The van der Waals surface area contributed by atoms with Crippen LogP contribution in [0.25, 0.3) is 0 Å². The predicted molar refractivity (Wildman–Crippen MR) is 60.7 cm³/mol. The van der Waals surface area contributed by atoms with Crippen LogP contribution in [0.5, 0.6) is 5.75 Å². The van der Waals surface area contributed by atoms with Crippen LogP contribution in [-0.4, -0.2) is 23.3 Å². The van der Waals surface area contributed by atoms with Gasteiger partial charge in [0.25, 0.3) is 0 Å². The first-order chi connectivity index (χ1) is 7.63. The quantitative estimate of drug-likeness (QED) is 0.512. The van der Waals surface area contributed by atoms with Gasteiger partial charge in [0.2, 0.25) is 5.91 Å². The third-order valence-corrected chi connectivity index (χ3v) is 1.70. The highest BCUT2D eigenvalue weighted by Crippen LogP contribution is 2.23. The second-order valence-electron chi connectivity index (χ2n) is 2.93. The summed E-state index contributed by atoms with van der Waals surface area (Å²) in [4.78, 5) is 11.3. The Labute approximate surface area is 93.5 Å². The molecular formula is C10H12BNO4. The first kappa shape index (κ1) is 12.3. The molecule has 0 aliphatic rings. The van der Waals surface area contributed by atoms with Crippen LogP contribution in [0.15, 0.2) is 36.4 Å². The van der Waals surface area contributed by atoms with Crippen molar-refractivity contribution in [2.45, 2.75) is 6.92 Å². The number of hydrogen-bond donors (Lipinski definition) is 3.